The fourth-order valence-electron chi connectivity index (χ4n) is 4.07. The zero-order valence-electron chi connectivity index (χ0n) is 18.1. The molecule has 0 radical (unpaired) electrons. The van der Waals surface area contributed by atoms with E-state index < -0.39 is 0 Å². The third-order valence-electron chi connectivity index (χ3n) is 5.91. The van der Waals surface area contributed by atoms with Crippen LogP contribution in [-0.2, 0) is 12.8 Å². The highest BCUT2D eigenvalue weighted by Crippen LogP contribution is 2.45. The number of carbonyl (C=O) groups is 1. The Hall–Kier alpha value is -2.43. The van der Waals surface area contributed by atoms with Gasteiger partial charge in [0.2, 0.25) is 0 Å². The molecule has 0 saturated carbocycles. The first-order valence-corrected chi connectivity index (χ1v) is 11.8. The summed E-state index contributed by atoms with van der Waals surface area (Å²) in [5.74, 6) is 0.489. The highest BCUT2D eigenvalue weighted by Gasteiger charge is 2.33. The first-order valence-electron chi connectivity index (χ1n) is 10.6. The molecular formula is C26H27ClN2OS. The van der Waals surface area contributed by atoms with Crippen molar-refractivity contribution >= 4 is 45.7 Å². The summed E-state index contributed by atoms with van der Waals surface area (Å²) in [7, 11) is 0. The first-order chi connectivity index (χ1) is 14.8. The van der Waals surface area contributed by atoms with E-state index in [1.54, 1.807) is 23.5 Å². The minimum absolute atomic E-state index is 0.116. The molecule has 0 bridgehead atoms. The van der Waals surface area contributed by atoms with Crippen LogP contribution in [0.25, 0.3) is 0 Å². The van der Waals surface area contributed by atoms with Crippen LogP contribution in [0.3, 0.4) is 0 Å². The van der Waals surface area contributed by atoms with E-state index in [4.69, 9.17) is 16.6 Å². The molecule has 0 spiro atoms. The summed E-state index contributed by atoms with van der Waals surface area (Å²) >= 11 is 7.76. The van der Waals surface area contributed by atoms with Crippen molar-refractivity contribution in [2.45, 2.75) is 40.0 Å². The lowest BCUT2D eigenvalue weighted by molar-refractivity contribution is 0.102. The molecule has 1 N–H and O–H groups in total. The molecule has 5 heteroatoms. The number of benzene rings is 2. The summed E-state index contributed by atoms with van der Waals surface area (Å²) < 4.78 is 0. The van der Waals surface area contributed by atoms with Crippen LogP contribution in [0.15, 0.2) is 59.6 Å². The number of nitrogens with one attached hydrogen (secondary N) is 1. The van der Waals surface area contributed by atoms with Gasteiger partial charge < -0.3 is 5.32 Å². The Morgan fingerprint density at radius 2 is 1.94 bits per heavy atom. The topological polar surface area (TPSA) is 41.5 Å². The SMILES string of the molecule is CC(C)(C)[C@H]1CCc2c(sc(N=Cc3ccccc3)c2C(=O)Nc2cccc(Cl)c2)C1. The molecule has 1 aromatic heterocycles. The molecule has 31 heavy (non-hydrogen) atoms. The summed E-state index contributed by atoms with van der Waals surface area (Å²) in [6.45, 7) is 6.91. The van der Waals surface area contributed by atoms with Crippen molar-refractivity contribution in [1.29, 1.82) is 0 Å². The second-order valence-corrected chi connectivity index (χ2v) is 10.6. The van der Waals surface area contributed by atoms with Gasteiger partial charge in [0, 0.05) is 21.8 Å². The largest absolute Gasteiger partial charge is 0.322 e. The fourth-order valence-corrected chi connectivity index (χ4v) is 5.53. The number of halogens is 1. The fraction of sp³-hybridized carbons (Fsp3) is 0.308. The molecule has 0 saturated heterocycles. The highest BCUT2D eigenvalue weighted by atomic mass is 35.5. The lowest BCUT2D eigenvalue weighted by Crippen LogP contribution is -2.27. The van der Waals surface area contributed by atoms with Crippen molar-refractivity contribution in [2.75, 3.05) is 5.32 Å². The van der Waals surface area contributed by atoms with Gasteiger partial charge in [0.05, 0.1) is 5.56 Å². The number of aliphatic imine (C=N–C) groups is 1. The maximum Gasteiger partial charge on any atom is 0.259 e. The number of hydrogen-bond donors (Lipinski definition) is 1. The Bertz CT molecular complexity index is 1110. The van der Waals surface area contributed by atoms with Gasteiger partial charge in [0.15, 0.2) is 0 Å². The van der Waals surface area contributed by atoms with Gasteiger partial charge in [0.25, 0.3) is 5.91 Å². The van der Waals surface area contributed by atoms with Gasteiger partial charge in [0.1, 0.15) is 5.00 Å². The molecule has 2 aromatic carbocycles. The van der Waals surface area contributed by atoms with E-state index in [0.29, 0.717) is 22.2 Å². The number of fused-ring (bicyclic) bond motifs is 1. The Morgan fingerprint density at radius 3 is 2.65 bits per heavy atom. The van der Waals surface area contributed by atoms with Crippen molar-refractivity contribution in [3.05, 3.63) is 81.2 Å². The molecule has 4 rings (SSSR count). The quantitative estimate of drug-likeness (QED) is 0.409. The van der Waals surface area contributed by atoms with Crippen LogP contribution < -0.4 is 5.32 Å². The van der Waals surface area contributed by atoms with Crippen molar-refractivity contribution in [1.82, 2.24) is 0 Å². The Balaban J connectivity index is 1.70. The zero-order valence-corrected chi connectivity index (χ0v) is 19.7. The van der Waals surface area contributed by atoms with E-state index >= 15 is 0 Å². The minimum atomic E-state index is -0.116. The molecule has 1 heterocycles. The summed E-state index contributed by atoms with van der Waals surface area (Å²) in [6, 6.07) is 17.2. The number of amides is 1. The van der Waals surface area contributed by atoms with Crippen LogP contribution in [0.2, 0.25) is 5.02 Å². The monoisotopic (exact) mass is 450 g/mol. The van der Waals surface area contributed by atoms with Crippen LogP contribution in [0.4, 0.5) is 10.7 Å². The van der Waals surface area contributed by atoms with Crippen molar-refractivity contribution < 1.29 is 4.79 Å². The molecule has 160 valence electrons. The predicted molar refractivity (Wildman–Crippen MR) is 132 cm³/mol. The molecule has 1 atom stereocenters. The molecule has 0 aliphatic heterocycles. The lowest BCUT2D eigenvalue weighted by Gasteiger charge is -2.33. The normalized spacial score (nSPS) is 16.3. The number of anilines is 1. The van der Waals surface area contributed by atoms with Crippen molar-refractivity contribution in [3.8, 4) is 0 Å². The number of carbonyl (C=O) groups excluding carboxylic acids is 1. The average molecular weight is 451 g/mol. The second kappa shape index (κ2) is 8.97. The van der Waals surface area contributed by atoms with Gasteiger partial charge in [-0.15, -0.1) is 11.3 Å². The molecular weight excluding hydrogens is 424 g/mol. The summed E-state index contributed by atoms with van der Waals surface area (Å²) in [5, 5.41) is 4.40. The van der Waals surface area contributed by atoms with E-state index in [9.17, 15) is 4.79 Å². The molecule has 0 unspecified atom stereocenters. The Labute approximate surface area is 193 Å². The maximum absolute atomic E-state index is 13.3. The average Bonchev–Trinajstić information content (AvgIpc) is 3.10. The van der Waals surface area contributed by atoms with Crippen molar-refractivity contribution in [2.24, 2.45) is 16.3 Å². The summed E-state index contributed by atoms with van der Waals surface area (Å²) in [5.41, 5.74) is 3.82. The van der Waals surface area contributed by atoms with Gasteiger partial charge >= 0.3 is 0 Å². The summed E-state index contributed by atoms with van der Waals surface area (Å²) in [4.78, 5) is 19.4. The molecule has 1 amide bonds. The molecule has 0 fully saturated rings. The molecule has 1 aliphatic rings. The molecule has 3 nitrogen and oxygen atoms in total. The number of rotatable bonds is 4. The van der Waals surface area contributed by atoms with E-state index in [-0.39, 0.29) is 11.3 Å². The van der Waals surface area contributed by atoms with E-state index in [1.165, 1.54) is 4.88 Å². The van der Waals surface area contributed by atoms with Crippen molar-refractivity contribution in [3.63, 3.8) is 0 Å². The third-order valence-corrected chi connectivity index (χ3v) is 7.31. The van der Waals surface area contributed by atoms with Gasteiger partial charge in [-0.05, 0) is 59.9 Å². The first kappa shape index (κ1) is 21.8. The lowest BCUT2D eigenvalue weighted by atomic mass is 9.72. The van der Waals surface area contributed by atoms with Crippen LogP contribution in [0, 0.1) is 11.3 Å². The maximum atomic E-state index is 13.3. The van der Waals surface area contributed by atoms with Crippen LogP contribution in [-0.4, -0.2) is 12.1 Å². The number of nitrogens with zero attached hydrogens (tertiary/aromatic N) is 1. The molecule has 1 aliphatic carbocycles. The van der Waals surface area contributed by atoms with E-state index in [2.05, 4.69) is 26.1 Å². The zero-order chi connectivity index (χ0) is 22.0. The van der Waals surface area contributed by atoms with Gasteiger partial charge in [-0.2, -0.15) is 0 Å². The van der Waals surface area contributed by atoms with Gasteiger partial charge in [-0.1, -0.05) is 68.8 Å². The van der Waals surface area contributed by atoms with E-state index in [1.807, 2.05) is 48.7 Å². The third kappa shape index (κ3) is 5.08. The van der Waals surface area contributed by atoms with Gasteiger partial charge in [-0.25, -0.2) is 4.99 Å². The van der Waals surface area contributed by atoms with Crippen LogP contribution >= 0.6 is 22.9 Å². The van der Waals surface area contributed by atoms with E-state index in [0.717, 1.165) is 35.4 Å². The minimum Gasteiger partial charge on any atom is -0.322 e. The van der Waals surface area contributed by atoms with Gasteiger partial charge in [-0.3, -0.25) is 4.79 Å². The standard InChI is InChI=1S/C26H27ClN2OS/c1-26(2,3)18-12-13-21-22(14-18)31-25(28-16-17-8-5-4-6-9-17)23(21)24(30)29-20-11-7-10-19(27)15-20/h4-11,15-16,18H,12-14H2,1-3H3,(H,29,30)/t18-/m0/s1. The Kier molecular flexibility index (Phi) is 6.31. The smallest absolute Gasteiger partial charge is 0.259 e. The van der Waals surface area contributed by atoms with Crippen LogP contribution in [0.1, 0.15) is 53.6 Å². The molecule has 3 aromatic rings. The second-order valence-electron chi connectivity index (χ2n) is 9.12. The number of hydrogen-bond acceptors (Lipinski definition) is 3. The Morgan fingerprint density at radius 1 is 1.16 bits per heavy atom. The predicted octanol–water partition coefficient (Wildman–Crippen LogP) is 7.56. The number of thiophene rings is 1. The highest BCUT2D eigenvalue weighted by molar-refractivity contribution is 7.16. The van der Waals surface area contributed by atoms with Crippen LogP contribution in [0.5, 0.6) is 0 Å². The summed E-state index contributed by atoms with van der Waals surface area (Å²) in [6.07, 6.45) is 4.84.